The Balaban J connectivity index is 1.57. The van der Waals surface area contributed by atoms with Gasteiger partial charge in [0.1, 0.15) is 12.3 Å². The number of aryl methyl sites for hydroxylation is 3. The maximum absolute atomic E-state index is 13.5. The number of nitrogens with zero attached hydrogens (tertiary/aromatic N) is 1. The Morgan fingerprint density at radius 2 is 1.68 bits per heavy atom. The van der Waals surface area contributed by atoms with Gasteiger partial charge < -0.3 is 10.1 Å². The first-order valence-corrected chi connectivity index (χ1v) is 12.9. The van der Waals surface area contributed by atoms with E-state index in [1.54, 1.807) is 24.3 Å². The predicted octanol–water partition coefficient (Wildman–Crippen LogP) is 4.57. The third-order valence-electron chi connectivity index (χ3n) is 6.26. The topological polar surface area (TPSA) is 75.7 Å². The molecule has 1 aliphatic carbocycles. The number of fused-ring (bicyclic) bond motifs is 1. The van der Waals surface area contributed by atoms with Crippen LogP contribution in [0.1, 0.15) is 41.6 Å². The van der Waals surface area contributed by atoms with E-state index < -0.39 is 10.0 Å². The molecule has 0 spiro atoms. The monoisotopic (exact) mass is 478 g/mol. The van der Waals surface area contributed by atoms with Crippen molar-refractivity contribution in [2.24, 2.45) is 0 Å². The summed E-state index contributed by atoms with van der Waals surface area (Å²) in [5, 5.41) is 2.98. The summed E-state index contributed by atoms with van der Waals surface area (Å²) in [6.45, 7) is 3.52. The van der Waals surface area contributed by atoms with Crippen LogP contribution in [0.25, 0.3) is 0 Å². The fourth-order valence-corrected chi connectivity index (χ4v) is 5.68. The number of ether oxygens (including phenoxy) is 1. The minimum Gasteiger partial charge on any atom is -0.497 e. The highest BCUT2D eigenvalue weighted by molar-refractivity contribution is 7.92. The second-order valence-electron chi connectivity index (χ2n) is 8.69. The van der Waals surface area contributed by atoms with Crippen LogP contribution in [0.5, 0.6) is 5.75 Å². The van der Waals surface area contributed by atoms with Crippen LogP contribution in [-0.4, -0.2) is 28.0 Å². The summed E-state index contributed by atoms with van der Waals surface area (Å²) in [7, 11) is -2.46. The number of sulfonamides is 1. The maximum Gasteiger partial charge on any atom is 0.264 e. The Labute approximate surface area is 201 Å². The molecule has 1 atom stereocenters. The smallest absolute Gasteiger partial charge is 0.264 e. The molecular formula is C27H30N2O4S. The molecule has 3 aromatic carbocycles. The zero-order valence-electron chi connectivity index (χ0n) is 19.7. The van der Waals surface area contributed by atoms with Crippen molar-refractivity contribution in [2.45, 2.75) is 44.0 Å². The number of methoxy groups -OCH3 is 1. The first kappa shape index (κ1) is 23.8. The van der Waals surface area contributed by atoms with Gasteiger partial charge in [-0.3, -0.25) is 9.10 Å². The van der Waals surface area contributed by atoms with E-state index >= 15 is 0 Å². The molecule has 34 heavy (non-hydrogen) atoms. The van der Waals surface area contributed by atoms with Crippen LogP contribution in [0.3, 0.4) is 0 Å². The van der Waals surface area contributed by atoms with Crippen LogP contribution in [0.2, 0.25) is 0 Å². The van der Waals surface area contributed by atoms with E-state index in [1.807, 2.05) is 32.0 Å². The molecule has 0 bridgehead atoms. The largest absolute Gasteiger partial charge is 0.497 e. The van der Waals surface area contributed by atoms with Crippen LogP contribution in [0.4, 0.5) is 5.69 Å². The number of benzene rings is 3. The molecule has 4 rings (SSSR count). The second kappa shape index (κ2) is 9.89. The summed E-state index contributed by atoms with van der Waals surface area (Å²) in [5.41, 5.74) is 5.16. The molecule has 0 saturated heterocycles. The third-order valence-corrected chi connectivity index (χ3v) is 8.04. The van der Waals surface area contributed by atoms with Crippen molar-refractivity contribution in [3.8, 4) is 5.75 Å². The Hall–Kier alpha value is -3.32. The summed E-state index contributed by atoms with van der Waals surface area (Å²) >= 11 is 0. The highest BCUT2D eigenvalue weighted by Gasteiger charge is 2.28. The van der Waals surface area contributed by atoms with Crippen LogP contribution < -0.4 is 14.4 Å². The molecule has 0 saturated carbocycles. The van der Waals surface area contributed by atoms with Crippen molar-refractivity contribution in [3.05, 3.63) is 89.0 Å². The summed E-state index contributed by atoms with van der Waals surface area (Å²) in [6, 6.07) is 19.3. The van der Waals surface area contributed by atoms with E-state index in [9.17, 15) is 13.2 Å². The van der Waals surface area contributed by atoms with Gasteiger partial charge in [-0.25, -0.2) is 8.42 Å². The number of carbonyl (C=O) groups excluding carboxylic acids is 1. The Kier molecular flexibility index (Phi) is 6.93. The normalized spacial score (nSPS) is 13.7. The molecule has 1 amide bonds. The lowest BCUT2D eigenvalue weighted by Gasteiger charge is -2.25. The first-order chi connectivity index (χ1) is 16.3. The van der Waals surface area contributed by atoms with Gasteiger partial charge in [-0.1, -0.05) is 35.9 Å². The number of hydrogen-bond donors (Lipinski definition) is 1. The molecule has 3 aromatic rings. The fraction of sp³-hybridized carbons (Fsp3) is 0.296. The van der Waals surface area contributed by atoms with E-state index in [0.717, 1.165) is 34.7 Å². The van der Waals surface area contributed by atoms with Gasteiger partial charge in [0.2, 0.25) is 5.91 Å². The van der Waals surface area contributed by atoms with Gasteiger partial charge in [0.05, 0.1) is 23.7 Å². The summed E-state index contributed by atoms with van der Waals surface area (Å²) < 4.78 is 33.4. The average molecular weight is 479 g/mol. The maximum atomic E-state index is 13.5. The minimum atomic E-state index is -3.98. The SMILES string of the molecule is COc1ccc(S(=O)(=O)N(CC(=O)N[C@H](C)c2ccc3c(c2)CCC3)c2ccc(C)cc2)cc1. The fourth-order valence-electron chi connectivity index (χ4n) is 4.26. The summed E-state index contributed by atoms with van der Waals surface area (Å²) in [4.78, 5) is 13.1. The van der Waals surface area contributed by atoms with Crippen LogP contribution in [0.15, 0.2) is 71.6 Å². The minimum absolute atomic E-state index is 0.0911. The van der Waals surface area contributed by atoms with Gasteiger partial charge in [0.25, 0.3) is 10.0 Å². The van der Waals surface area contributed by atoms with Gasteiger partial charge in [0.15, 0.2) is 0 Å². The van der Waals surface area contributed by atoms with Gasteiger partial charge in [-0.2, -0.15) is 0 Å². The number of hydrogen-bond acceptors (Lipinski definition) is 4. The number of rotatable bonds is 8. The zero-order chi connectivity index (χ0) is 24.3. The van der Waals surface area contributed by atoms with Crippen molar-refractivity contribution >= 4 is 21.6 Å². The molecule has 0 heterocycles. The molecule has 0 aromatic heterocycles. The molecule has 1 aliphatic rings. The molecule has 178 valence electrons. The van der Waals surface area contributed by atoms with Crippen molar-refractivity contribution in [3.63, 3.8) is 0 Å². The molecule has 0 fully saturated rings. The van der Waals surface area contributed by atoms with Gasteiger partial charge in [0, 0.05) is 0 Å². The van der Waals surface area contributed by atoms with E-state index in [4.69, 9.17) is 4.74 Å². The molecule has 0 unspecified atom stereocenters. The zero-order valence-corrected chi connectivity index (χ0v) is 20.6. The average Bonchev–Trinajstić information content (AvgIpc) is 3.31. The Morgan fingerprint density at radius 1 is 1.00 bits per heavy atom. The van der Waals surface area contributed by atoms with E-state index in [2.05, 4.69) is 17.4 Å². The number of amides is 1. The summed E-state index contributed by atoms with van der Waals surface area (Å²) in [6.07, 6.45) is 3.32. The number of nitrogens with one attached hydrogen (secondary N) is 1. The molecule has 6 nitrogen and oxygen atoms in total. The molecule has 0 aliphatic heterocycles. The van der Waals surface area contributed by atoms with Crippen molar-refractivity contribution in [1.82, 2.24) is 5.32 Å². The molecule has 7 heteroatoms. The highest BCUT2D eigenvalue weighted by Crippen LogP contribution is 2.27. The molecule has 1 N–H and O–H groups in total. The van der Waals surface area contributed by atoms with Crippen molar-refractivity contribution in [2.75, 3.05) is 18.0 Å². The van der Waals surface area contributed by atoms with E-state index in [1.165, 1.54) is 30.4 Å². The first-order valence-electron chi connectivity index (χ1n) is 11.4. The van der Waals surface area contributed by atoms with Gasteiger partial charge >= 0.3 is 0 Å². The second-order valence-corrected chi connectivity index (χ2v) is 10.6. The lowest BCUT2D eigenvalue weighted by molar-refractivity contribution is -0.120. The Bertz CT molecular complexity index is 1270. The predicted molar refractivity (Wildman–Crippen MR) is 134 cm³/mol. The molecular weight excluding hydrogens is 448 g/mol. The van der Waals surface area contributed by atoms with Crippen molar-refractivity contribution < 1.29 is 17.9 Å². The lowest BCUT2D eigenvalue weighted by atomic mass is 10.0. The number of anilines is 1. The summed E-state index contributed by atoms with van der Waals surface area (Å²) in [5.74, 6) is 0.187. The standard InChI is InChI=1S/C27H30N2O4S/c1-19-7-11-24(12-8-19)29(34(31,32)26-15-13-25(33-3)14-16-26)18-27(30)28-20(2)22-10-9-21-5-4-6-23(21)17-22/h7-17,20H,4-6,18H2,1-3H3,(H,28,30)/t20-/m1/s1. The number of carbonyl (C=O) groups is 1. The third kappa shape index (κ3) is 5.09. The van der Waals surface area contributed by atoms with Crippen LogP contribution >= 0.6 is 0 Å². The quantitative estimate of drug-likeness (QED) is 0.515. The van der Waals surface area contributed by atoms with Gasteiger partial charge in [-0.05, 0) is 86.2 Å². The van der Waals surface area contributed by atoms with Crippen molar-refractivity contribution in [1.29, 1.82) is 0 Å². The molecule has 0 radical (unpaired) electrons. The lowest BCUT2D eigenvalue weighted by Crippen LogP contribution is -2.41. The van der Waals surface area contributed by atoms with Gasteiger partial charge in [-0.15, -0.1) is 0 Å². The Morgan fingerprint density at radius 3 is 2.35 bits per heavy atom. The highest BCUT2D eigenvalue weighted by atomic mass is 32.2. The van der Waals surface area contributed by atoms with Crippen LogP contribution in [0, 0.1) is 6.92 Å². The van der Waals surface area contributed by atoms with Crippen LogP contribution in [-0.2, 0) is 27.7 Å². The van der Waals surface area contributed by atoms with E-state index in [-0.39, 0.29) is 23.4 Å². The van der Waals surface area contributed by atoms with E-state index in [0.29, 0.717) is 11.4 Å².